The Labute approximate surface area is 147 Å². The van der Waals surface area contributed by atoms with E-state index in [1.54, 1.807) is 19.0 Å². The number of carbonyl (C=O) groups is 1. The maximum Gasteiger partial charge on any atom is 0.269 e. The summed E-state index contributed by atoms with van der Waals surface area (Å²) in [7, 11) is 3.52. The zero-order chi connectivity index (χ0) is 17.1. The second kappa shape index (κ2) is 7.38. The van der Waals surface area contributed by atoms with Gasteiger partial charge in [-0.05, 0) is 29.8 Å². The predicted octanol–water partition coefficient (Wildman–Crippen LogP) is 2.52. The first-order valence-electron chi connectivity index (χ1n) is 8.14. The smallest absolute Gasteiger partial charge is 0.269 e. The lowest BCUT2D eigenvalue weighted by Crippen LogP contribution is -2.45. The first-order chi connectivity index (χ1) is 11.5. The van der Waals surface area contributed by atoms with Gasteiger partial charge in [0, 0.05) is 57.0 Å². The van der Waals surface area contributed by atoms with Gasteiger partial charge in [-0.15, -0.1) is 0 Å². The van der Waals surface area contributed by atoms with Gasteiger partial charge >= 0.3 is 0 Å². The van der Waals surface area contributed by atoms with Crippen molar-refractivity contribution < 1.29 is 4.79 Å². The molecule has 1 aromatic heterocycles. The van der Waals surface area contributed by atoms with Crippen molar-refractivity contribution in [2.75, 3.05) is 33.7 Å². The van der Waals surface area contributed by atoms with E-state index in [0.29, 0.717) is 5.69 Å². The molecule has 0 saturated carbocycles. The molecule has 1 saturated heterocycles. The molecule has 0 radical (unpaired) electrons. The number of aromatic nitrogens is 1. The summed E-state index contributed by atoms with van der Waals surface area (Å²) in [4.78, 5) is 19.3. The van der Waals surface area contributed by atoms with Crippen molar-refractivity contribution in [1.82, 2.24) is 20.1 Å². The zero-order valence-corrected chi connectivity index (χ0v) is 14.8. The summed E-state index contributed by atoms with van der Waals surface area (Å²) in [5.74, 6) is -0.00653. The number of piperazine rings is 1. The fourth-order valence-corrected chi connectivity index (χ4v) is 3.29. The van der Waals surface area contributed by atoms with Crippen LogP contribution in [0.1, 0.15) is 27.8 Å². The molecule has 5 nitrogen and oxygen atoms in total. The van der Waals surface area contributed by atoms with Gasteiger partial charge in [0.15, 0.2) is 0 Å². The molecule has 3 rings (SSSR count). The van der Waals surface area contributed by atoms with Gasteiger partial charge in [0.05, 0.1) is 0 Å². The SMILES string of the molecule is CN(C)C(=O)c1ccc(CN2CCNCC2c2cccc(Cl)c2)[nH]1. The number of benzene rings is 1. The van der Waals surface area contributed by atoms with Crippen LogP contribution in [-0.2, 0) is 6.54 Å². The lowest BCUT2D eigenvalue weighted by atomic mass is 10.0. The van der Waals surface area contributed by atoms with E-state index in [2.05, 4.69) is 21.3 Å². The Morgan fingerprint density at radius 1 is 1.33 bits per heavy atom. The van der Waals surface area contributed by atoms with Gasteiger partial charge in [-0.2, -0.15) is 0 Å². The van der Waals surface area contributed by atoms with Gasteiger partial charge < -0.3 is 15.2 Å². The number of nitrogens with one attached hydrogen (secondary N) is 2. The average Bonchev–Trinajstić information content (AvgIpc) is 3.03. The number of carbonyl (C=O) groups excluding carboxylic acids is 1. The second-order valence-corrected chi connectivity index (χ2v) is 6.78. The molecule has 0 aliphatic carbocycles. The molecule has 2 heterocycles. The normalized spacial score (nSPS) is 18.5. The van der Waals surface area contributed by atoms with Crippen LogP contribution in [0.4, 0.5) is 0 Å². The summed E-state index contributed by atoms with van der Waals surface area (Å²) in [6, 6.07) is 12.2. The third-order valence-electron chi connectivity index (χ3n) is 4.34. The van der Waals surface area contributed by atoms with Crippen molar-refractivity contribution in [2.45, 2.75) is 12.6 Å². The van der Waals surface area contributed by atoms with Crippen LogP contribution in [0.25, 0.3) is 0 Å². The molecule has 1 unspecified atom stereocenters. The number of halogens is 1. The molecule has 2 N–H and O–H groups in total. The van der Waals surface area contributed by atoms with Crippen LogP contribution in [0.2, 0.25) is 5.02 Å². The molecule has 24 heavy (non-hydrogen) atoms. The fraction of sp³-hybridized carbons (Fsp3) is 0.389. The van der Waals surface area contributed by atoms with Crippen molar-refractivity contribution in [2.24, 2.45) is 0 Å². The number of hydrogen-bond acceptors (Lipinski definition) is 3. The van der Waals surface area contributed by atoms with Crippen molar-refractivity contribution in [1.29, 1.82) is 0 Å². The molecule has 1 aliphatic heterocycles. The molecule has 0 spiro atoms. The lowest BCUT2D eigenvalue weighted by Gasteiger charge is -2.36. The fourth-order valence-electron chi connectivity index (χ4n) is 3.10. The first-order valence-corrected chi connectivity index (χ1v) is 8.52. The highest BCUT2D eigenvalue weighted by Crippen LogP contribution is 2.26. The van der Waals surface area contributed by atoms with E-state index in [0.717, 1.165) is 36.9 Å². The standard InChI is InChI=1S/C18H23ClN4O/c1-22(2)18(24)16-7-6-15(21-16)12-23-9-8-20-11-17(23)13-4-3-5-14(19)10-13/h3-7,10,17,20-21H,8-9,11-12H2,1-2H3. The molecule has 2 aromatic rings. The quantitative estimate of drug-likeness (QED) is 0.894. The minimum atomic E-state index is -0.00653. The van der Waals surface area contributed by atoms with Gasteiger partial charge in [0.25, 0.3) is 5.91 Å². The first kappa shape index (κ1) is 17.0. The zero-order valence-electron chi connectivity index (χ0n) is 14.1. The minimum Gasteiger partial charge on any atom is -0.353 e. The monoisotopic (exact) mass is 346 g/mol. The van der Waals surface area contributed by atoms with Crippen LogP contribution in [0.3, 0.4) is 0 Å². The molecule has 1 aromatic carbocycles. The van der Waals surface area contributed by atoms with Crippen molar-refractivity contribution in [3.8, 4) is 0 Å². The third kappa shape index (κ3) is 3.80. The van der Waals surface area contributed by atoms with E-state index >= 15 is 0 Å². The number of rotatable bonds is 4. The van der Waals surface area contributed by atoms with Crippen LogP contribution in [0.15, 0.2) is 36.4 Å². The molecule has 6 heteroatoms. The lowest BCUT2D eigenvalue weighted by molar-refractivity contribution is 0.0822. The molecule has 1 aliphatic rings. The van der Waals surface area contributed by atoms with Crippen LogP contribution in [0.5, 0.6) is 0 Å². The van der Waals surface area contributed by atoms with E-state index in [9.17, 15) is 4.79 Å². The molecule has 0 bridgehead atoms. The van der Waals surface area contributed by atoms with E-state index in [1.165, 1.54) is 5.56 Å². The number of nitrogens with zero attached hydrogens (tertiary/aromatic N) is 2. The maximum absolute atomic E-state index is 12.0. The Bertz CT molecular complexity index is 713. The molecule has 128 valence electrons. The van der Waals surface area contributed by atoms with Gasteiger partial charge in [-0.25, -0.2) is 0 Å². The molecule has 1 amide bonds. The number of hydrogen-bond donors (Lipinski definition) is 2. The second-order valence-electron chi connectivity index (χ2n) is 6.34. The Morgan fingerprint density at radius 2 is 2.17 bits per heavy atom. The van der Waals surface area contributed by atoms with Gasteiger partial charge in [-0.3, -0.25) is 9.69 Å². The molecular weight excluding hydrogens is 324 g/mol. The average molecular weight is 347 g/mol. The summed E-state index contributed by atoms with van der Waals surface area (Å²) in [5.41, 5.74) is 2.89. The van der Waals surface area contributed by atoms with Crippen molar-refractivity contribution in [3.63, 3.8) is 0 Å². The van der Waals surface area contributed by atoms with Gasteiger partial charge in [0.1, 0.15) is 5.69 Å². The predicted molar refractivity (Wildman–Crippen MR) is 96.3 cm³/mol. The number of aromatic amines is 1. The largest absolute Gasteiger partial charge is 0.353 e. The van der Waals surface area contributed by atoms with E-state index in [4.69, 9.17) is 11.6 Å². The minimum absolute atomic E-state index is 0.00653. The maximum atomic E-state index is 12.0. The number of amides is 1. The van der Waals surface area contributed by atoms with Crippen LogP contribution in [-0.4, -0.2) is 54.4 Å². The summed E-state index contributed by atoms with van der Waals surface area (Å²) in [5, 5.41) is 4.21. The van der Waals surface area contributed by atoms with Gasteiger partial charge in [-0.1, -0.05) is 23.7 Å². The van der Waals surface area contributed by atoms with E-state index < -0.39 is 0 Å². The highest BCUT2D eigenvalue weighted by molar-refractivity contribution is 6.30. The van der Waals surface area contributed by atoms with Crippen molar-refractivity contribution in [3.05, 3.63) is 58.4 Å². The Kier molecular flexibility index (Phi) is 5.23. The van der Waals surface area contributed by atoms with Gasteiger partial charge in [0.2, 0.25) is 0 Å². The molecule has 1 atom stereocenters. The third-order valence-corrected chi connectivity index (χ3v) is 4.58. The van der Waals surface area contributed by atoms with E-state index in [-0.39, 0.29) is 11.9 Å². The van der Waals surface area contributed by atoms with Crippen LogP contribution in [0, 0.1) is 0 Å². The van der Waals surface area contributed by atoms with E-state index in [1.807, 2.05) is 30.3 Å². The highest BCUT2D eigenvalue weighted by atomic mass is 35.5. The number of H-pyrrole nitrogens is 1. The summed E-state index contributed by atoms with van der Waals surface area (Å²) in [6.07, 6.45) is 0. The topological polar surface area (TPSA) is 51.4 Å². The van der Waals surface area contributed by atoms with Crippen LogP contribution < -0.4 is 5.32 Å². The Balaban J connectivity index is 1.76. The molecular formula is C18H23ClN4O. The highest BCUT2D eigenvalue weighted by Gasteiger charge is 2.24. The summed E-state index contributed by atoms with van der Waals surface area (Å²) >= 11 is 6.15. The molecule has 1 fully saturated rings. The van der Waals surface area contributed by atoms with Crippen molar-refractivity contribution >= 4 is 17.5 Å². The van der Waals surface area contributed by atoms with Crippen LogP contribution >= 0.6 is 11.6 Å². The summed E-state index contributed by atoms with van der Waals surface area (Å²) < 4.78 is 0. The Hall–Kier alpha value is -1.82. The summed E-state index contributed by atoms with van der Waals surface area (Å²) in [6.45, 7) is 3.58. The Morgan fingerprint density at radius 3 is 2.92 bits per heavy atom.